The number of hydrogen-bond acceptors (Lipinski definition) is 4. The highest BCUT2D eigenvalue weighted by Gasteiger charge is 2.49. The van der Waals surface area contributed by atoms with Gasteiger partial charge in [0.25, 0.3) is 0 Å². The molecule has 0 aliphatic heterocycles. The van der Waals surface area contributed by atoms with Crippen molar-refractivity contribution in [3.05, 3.63) is 72.8 Å². The van der Waals surface area contributed by atoms with Gasteiger partial charge in [0.1, 0.15) is 5.75 Å². The van der Waals surface area contributed by atoms with Crippen LogP contribution in [0.25, 0.3) is 22.3 Å². The van der Waals surface area contributed by atoms with Crippen molar-refractivity contribution in [2.75, 3.05) is 6.61 Å². The first kappa shape index (κ1) is 20.7. The maximum atomic E-state index is 12.9. The van der Waals surface area contributed by atoms with Crippen molar-refractivity contribution in [2.24, 2.45) is 0 Å². The van der Waals surface area contributed by atoms with Crippen molar-refractivity contribution in [1.29, 1.82) is 0 Å². The molecule has 0 unspecified atom stereocenters. The third kappa shape index (κ3) is 4.37. The lowest BCUT2D eigenvalue weighted by atomic mass is 9.93. The number of rotatable bonds is 6. The summed E-state index contributed by atoms with van der Waals surface area (Å²) in [5.74, 6) is -0.0369. The first-order valence-corrected chi connectivity index (χ1v) is 10.1. The average Bonchev–Trinajstić information content (AvgIpc) is 2.69. The summed E-state index contributed by atoms with van der Waals surface area (Å²) >= 11 is 0. The number of ether oxygens (including phenoxy) is 1. The minimum Gasteiger partial charge on any atom is -0.493 e. The van der Waals surface area contributed by atoms with Crippen LogP contribution in [0.4, 0.5) is 13.2 Å². The zero-order chi connectivity index (χ0) is 21.1. The summed E-state index contributed by atoms with van der Waals surface area (Å²) in [6.07, 6.45) is 0. The van der Waals surface area contributed by atoms with Crippen molar-refractivity contribution < 1.29 is 30.5 Å². The summed E-state index contributed by atoms with van der Waals surface area (Å²) in [5, 5.41) is 0. The van der Waals surface area contributed by atoms with Gasteiger partial charge in [0.15, 0.2) is 5.75 Å². The maximum Gasteiger partial charge on any atom is 0.534 e. The van der Waals surface area contributed by atoms with Crippen LogP contribution in [-0.2, 0) is 10.1 Å². The molecule has 0 aliphatic rings. The molecule has 0 heterocycles. The third-order valence-corrected chi connectivity index (χ3v) is 5.00. The predicted molar refractivity (Wildman–Crippen MR) is 104 cm³/mol. The summed E-state index contributed by atoms with van der Waals surface area (Å²) in [4.78, 5) is 0. The maximum absolute atomic E-state index is 12.9. The quantitative estimate of drug-likeness (QED) is 0.381. The molecule has 0 aromatic heterocycles. The van der Waals surface area contributed by atoms with Gasteiger partial charge in [0.2, 0.25) is 0 Å². The molecule has 8 heteroatoms. The highest BCUT2D eigenvalue weighted by Crippen LogP contribution is 2.46. The molecule has 0 saturated heterocycles. The third-order valence-electron chi connectivity index (χ3n) is 4.04. The van der Waals surface area contributed by atoms with Gasteiger partial charge in [-0.2, -0.15) is 21.6 Å². The van der Waals surface area contributed by atoms with Gasteiger partial charge in [-0.1, -0.05) is 60.7 Å². The van der Waals surface area contributed by atoms with Gasteiger partial charge in [-0.3, -0.25) is 0 Å². The Balaban J connectivity index is 2.33. The van der Waals surface area contributed by atoms with Gasteiger partial charge in [-0.05, 0) is 30.2 Å². The van der Waals surface area contributed by atoms with Gasteiger partial charge in [0.05, 0.1) is 6.61 Å². The van der Waals surface area contributed by atoms with E-state index in [0.717, 1.165) is 0 Å². The van der Waals surface area contributed by atoms with Crippen molar-refractivity contribution in [3.8, 4) is 33.8 Å². The summed E-state index contributed by atoms with van der Waals surface area (Å²) in [6, 6.07) is 19.8. The first-order chi connectivity index (χ1) is 13.7. The molecule has 4 nitrogen and oxygen atoms in total. The summed E-state index contributed by atoms with van der Waals surface area (Å²) < 4.78 is 72.4. The minimum atomic E-state index is -5.85. The summed E-state index contributed by atoms with van der Waals surface area (Å²) in [6.45, 7) is 2.09. The smallest absolute Gasteiger partial charge is 0.493 e. The second-order valence-electron chi connectivity index (χ2n) is 5.96. The topological polar surface area (TPSA) is 52.6 Å². The van der Waals surface area contributed by atoms with Gasteiger partial charge in [0, 0.05) is 11.1 Å². The molecular weight excluding hydrogens is 405 g/mol. The lowest BCUT2D eigenvalue weighted by Gasteiger charge is -2.20. The molecule has 0 amide bonds. The molecule has 0 saturated carbocycles. The molecule has 3 rings (SSSR count). The number of hydrogen-bond donors (Lipinski definition) is 0. The molecule has 152 valence electrons. The molecule has 29 heavy (non-hydrogen) atoms. The monoisotopic (exact) mass is 422 g/mol. The van der Waals surface area contributed by atoms with Gasteiger partial charge < -0.3 is 8.92 Å². The molecule has 0 spiro atoms. The predicted octanol–water partition coefficient (Wildman–Crippen LogP) is 5.65. The molecule has 0 radical (unpaired) electrons. The number of alkyl halides is 3. The van der Waals surface area contributed by atoms with Crippen LogP contribution in [0.5, 0.6) is 11.5 Å². The van der Waals surface area contributed by atoms with E-state index in [0.29, 0.717) is 29.0 Å². The highest BCUT2D eigenvalue weighted by atomic mass is 32.2. The van der Waals surface area contributed by atoms with E-state index in [9.17, 15) is 21.6 Å². The van der Waals surface area contributed by atoms with E-state index in [1.807, 2.05) is 0 Å². The lowest BCUT2D eigenvalue weighted by Crippen LogP contribution is -2.28. The van der Waals surface area contributed by atoms with E-state index < -0.39 is 21.4 Å². The Bertz CT molecular complexity index is 1080. The van der Waals surface area contributed by atoms with E-state index in [1.54, 1.807) is 67.6 Å². The first-order valence-electron chi connectivity index (χ1n) is 8.66. The van der Waals surface area contributed by atoms with Crippen LogP contribution in [-0.4, -0.2) is 20.5 Å². The minimum absolute atomic E-state index is 0.190. The van der Waals surface area contributed by atoms with Crippen molar-refractivity contribution in [1.82, 2.24) is 0 Å². The Morgan fingerprint density at radius 3 is 1.66 bits per heavy atom. The van der Waals surface area contributed by atoms with Crippen LogP contribution in [0.15, 0.2) is 72.8 Å². The number of halogens is 3. The second kappa shape index (κ2) is 8.16. The van der Waals surface area contributed by atoms with E-state index in [-0.39, 0.29) is 5.56 Å². The molecule has 0 fully saturated rings. The Labute approximate surface area is 166 Å². The Morgan fingerprint density at radius 2 is 1.21 bits per heavy atom. The van der Waals surface area contributed by atoms with Crippen LogP contribution in [0.2, 0.25) is 0 Å². The lowest BCUT2D eigenvalue weighted by molar-refractivity contribution is -0.0499. The molecule has 0 N–H and O–H groups in total. The Hall–Kier alpha value is -3.00. The van der Waals surface area contributed by atoms with Crippen LogP contribution in [0.3, 0.4) is 0 Å². The zero-order valence-corrected chi connectivity index (χ0v) is 16.1. The van der Waals surface area contributed by atoms with E-state index in [2.05, 4.69) is 4.18 Å². The van der Waals surface area contributed by atoms with E-state index in [1.165, 1.54) is 12.1 Å². The van der Waals surface area contributed by atoms with Gasteiger partial charge in [-0.25, -0.2) is 0 Å². The summed E-state index contributed by atoms with van der Waals surface area (Å²) in [5.41, 5.74) is -3.79. The fourth-order valence-electron chi connectivity index (χ4n) is 2.86. The Kier molecular flexibility index (Phi) is 5.83. The largest absolute Gasteiger partial charge is 0.534 e. The molecular formula is C21H17F3O4S. The summed E-state index contributed by atoms with van der Waals surface area (Å²) in [7, 11) is -5.85. The van der Waals surface area contributed by atoms with Crippen molar-refractivity contribution in [3.63, 3.8) is 0 Å². The Morgan fingerprint density at radius 1 is 0.759 bits per heavy atom. The fraction of sp³-hybridized carbons (Fsp3) is 0.143. The van der Waals surface area contributed by atoms with Crippen LogP contribution < -0.4 is 8.92 Å². The van der Waals surface area contributed by atoms with E-state index in [4.69, 9.17) is 4.74 Å². The van der Waals surface area contributed by atoms with Gasteiger partial charge in [-0.15, -0.1) is 0 Å². The standard InChI is InChI=1S/C21H17F3O4S/c1-2-27-17-13-14-18(28-29(25,26)21(22,23)24)20(16-11-7-4-8-12-16)19(17)15-9-5-3-6-10-15/h3-14H,2H2,1H3. The molecule has 3 aromatic rings. The highest BCUT2D eigenvalue weighted by molar-refractivity contribution is 7.88. The SMILES string of the molecule is CCOc1ccc(OS(=O)(=O)C(F)(F)F)c(-c2ccccc2)c1-c1ccccc1. The molecule has 0 aliphatic carbocycles. The van der Waals surface area contributed by atoms with Crippen LogP contribution in [0, 0.1) is 0 Å². The van der Waals surface area contributed by atoms with Crippen molar-refractivity contribution >= 4 is 10.1 Å². The van der Waals surface area contributed by atoms with Crippen LogP contribution in [0.1, 0.15) is 6.92 Å². The average molecular weight is 422 g/mol. The zero-order valence-electron chi connectivity index (χ0n) is 15.3. The van der Waals surface area contributed by atoms with Crippen LogP contribution >= 0.6 is 0 Å². The van der Waals surface area contributed by atoms with Crippen molar-refractivity contribution in [2.45, 2.75) is 12.4 Å². The number of benzene rings is 3. The fourth-order valence-corrected chi connectivity index (χ4v) is 3.33. The molecule has 3 aromatic carbocycles. The van der Waals surface area contributed by atoms with E-state index >= 15 is 0 Å². The normalized spacial score (nSPS) is 11.9. The van der Waals surface area contributed by atoms with Gasteiger partial charge >= 0.3 is 15.6 Å². The molecule has 0 atom stereocenters. The second-order valence-corrected chi connectivity index (χ2v) is 7.50. The molecule has 0 bridgehead atoms.